The van der Waals surface area contributed by atoms with Crippen LogP contribution in [0.2, 0.25) is 0 Å². The predicted octanol–water partition coefficient (Wildman–Crippen LogP) is 6.80. The van der Waals surface area contributed by atoms with Crippen LogP contribution in [-0.2, 0) is 26.2 Å². The third kappa shape index (κ3) is 8.14. The minimum Gasteiger partial charge on any atom is -0.371 e. The summed E-state index contributed by atoms with van der Waals surface area (Å²) in [4.78, 5) is 84.1. The van der Waals surface area contributed by atoms with Crippen molar-refractivity contribution in [3.63, 3.8) is 0 Å². The minimum absolute atomic E-state index is 0.0520. The van der Waals surface area contributed by atoms with Crippen LogP contribution in [-0.4, -0.2) is 85.5 Å². The maximum atomic E-state index is 17.3. The molecule has 11 rings (SSSR count). The Hall–Kier alpha value is -7.79. The lowest BCUT2D eigenvalue weighted by Gasteiger charge is -2.48. The van der Waals surface area contributed by atoms with Crippen molar-refractivity contribution >= 4 is 69.0 Å². The standard InChI is InChI=1S/C55H57FN10O6/c1-57-51(69)34-7-4-8-35(31-34)58-53(71)49-47-41(62(3)60-49)19-18-39(48(47)56)38-17-16-37(65-26-6-11-46(65)68)32-40(38)33-12-14-36(15-13-33)63-27-22-55(23-28-63)24-29-64(30-25-55)42-9-5-10-43-50(42)61(2)54(72)66(43)44-20-21-45(67)59-52(44)70/h4-5,7-10,12-19,31-32,44,49,60H,6,11,20-30H2,1-3H3,(H,57,69)(H,58,71)(H,59,67,70). The Morgan fingerprint density at radius 2 is 1.44 bits per heavy atom. The third-order valence-corrected chi connectivity index (χ3v) is 15.8. The average molecular weight is 973 g/mol. The number of fused-ring (bicyclic) bond motifs is 2. The molecule has 4 saturated heterocycles. The van der Waals surface area contributed by atoms with E-state index in [9.17, 15) is 28.8 Å². The number of aromatic nitrogens is 2. The summed E-state index contributed by atoms with van der Waals surface area (Å²) in [6.45, 7) is 4.09. The van der Waals surface area contributed by atoms with E-state index in [0.29, 0.717) is 46.5 Å². The number of imidazole rings is 1. The van der Waals surface area contributed by atoms with Crippen molar-refractivity contribution in [3.05, 3.63) is 124 Å². The number of hydrogen-bond donors (Lipinski definition) is 4. The van der Waals surface area contributed by atoms with E-state index in [-0.39, 0.29) is 47.2 Å². The van der Waals surface area contributed by atoms with Crippen molar-refractivity contribution in [2.75, 3.05) is 71.8 Å². The fraction of sp³-hybridized carbons (Fsp3) is 0.345. The first-order valence-electron chi connectivity index (χ1n) is 24.9. The van der Waals surface area contributed by atoms with E-state index in [0.717, 1.165) is 92.0 Å². The molecule has 17 heteroatoms. The van der Waals surface area contributed by atoms with Crippen LogP contribution >= 0.6 is 0 Å². The maximum absolute atomic E-state index is 17.3. The van der Waals surface area contributed by atoms with Gasteiger partial charge in [-0.25, -0.2) is 14.6 Å². The quantitative estimate of drug-likeness (QED) is 0.113. The summed E-state index contributed by atoms with van der Waals surface area (Å²) >= 11 is 0. The molecule has 6 heterocycles. The number of para-hydroxylation sites is 1. The summed E-state index contributed by atoms with van der Waals surface area (Å²) in [5.74, 6) is -2.02. The van der Waals surface area contributed by atoms with E-state index in [2.05, 4.69) is 61.5 Å². The van der Waals surface area contributed by atoms with E-state index in [1.54, 1.807) is 63.5 Å². The second-order valence-electron chi connectivity index (χ2n) is 19.9. The zero-order chi connectivity index (χ0) is 50.0. The lowest BCUT2D eigenvalue weighted by molar-refractivity contribution is -0.135. The molecule has 16 nitrogen and oxygen atoms in total. The first kappa shape index (κ1) is 46.6. The molecule has 370 valence electrons. The molecule has 0 saturated carbocycles. The van der Waals surface area contributed by atoms with Crippen LogP contribution in [0.1, 0.15) is 79.4 Å². The predicted molar refractivity (Wildman–Crippen MR) is 276 cm³/mol. The number of nitrogens with one attached hydrogen (secondary N) is 4. The number of imide groups is 1. The number of halogens is 1. The van der Waals surface area contributed by atoms with Crippen LogP contribution in [0.5, 0.6) is 0 Å². The molecule has 72 heavy (non-hydrogen) atoms. The van der Waals surface area contributed by atoms with Crippen molar-refractivity contribution in [3.8, 4) is 22.3 Å². The Bertz CT molecular complexity index is 3260. The van der Waals surface area contributed by atoms with Gasteiger partial charge in [-0.15, -0.1) is 0 Å². The molecule has 0 bridgehead atoms. The number of rotatable bonds is 9. The monoisotopic (exact) mass is 972 g/mol. The van der Waals surface area contributed by atoms with Crippen LogP contribution in [0.3, 0.4) is 0 Å². The van der Waals surface area contributed by atoms with E-state index >= 15 is 4.39 Å². The number of amides is 5. The molecular formula is C55H57FN10O6. The van der Waals surface area contributed by atoms with Gasteiger partial charge >= 0.3 is 5.69 Å². The number of anilines is 5. The van der Waals surface area contributed by atoms with Gasteiger partial charge in [0.1, 0.15) is 17.9 Å². The van der Waals surface area contributed by atoms with Gasteiger partial charge < -0.3 is 30.3 Å². The van der Waals surface area contributed by atoms with Gasteiger partial charge in [0.15, 0.2) is 0 Å². The number of hydrazine groups is 1. The zero-order valence-corrected chi connectivity index (χ0v) is 40.6. The lowest BCUT2D eigenvalue weighted by atomic mass is 9.71. The number of piperidine rings is 3. The Morgan fingerprint density at radius 3 is 2.15 bits per heavy atom. The average Bonchev–Trinajstić information content (AvgIpc) is 4.06. The molecule has 5 amide bonds. The summed E-state index contributed by atoms with van der Waals surface area (Å²) in [6, 6.07) is 28.3. The molecule has 4 N–H and O–H groups in total. The molecule has 0 radical (unpaired) electrons. The molecule has 1 aromatic heterocycles. The van der Waals surface area contributed by atoms with E-state index in [1.165, 1.54) is 7.05 Å². The highest BCUT2D eigenvalue weighted by Gasteiger charge is 2.40. The van der Waals surface area contributed by atoms with E-state index < -0.39 is 29.7 Å². The first-order valence-corrected chi connectivity index (χ1v) is 24.9. The Labute approximate surface area is 415 Å². The Kier molecular flexibility index (Phi) is 11.9. The normalized spacial score (nSPS) is 19.8. The van der Waals surface area contributed by atoms with Crippen molar-refractivity contribution in [1.29, 1.82) is 0 Å². The summed E-state index contributed by atoms with van der Waals surface area (Å²) in [6.07, 6.45) is 5.83. The molecule has 5 aliphatic heterocycles. The fourth-order valence-electron chi connectivity index (χ4n) is 11.8. The second kappa shape index (κ2) is 18.4. The summed E-state index contributed by atoms with van der Waals surface area (Å²) in [7, 11) is 5.02. The molecular weight excluding hydrogens is 916 g/mol. The highest BCUT2D eigenvalue weighted by atomic mass is 19.1. The number of benzene rings is 5. The minimum atomic E-state index is -1.06. The summed E-state index contributed by atoms with van der Waals surface area (Å²) in [5, 5.41) is 9.49. The molecule has 1 spiro atoms. The van der Waals surface area contributed by atoms with Gasteiger partial charge in [-0.1, -0.05) is 30.3 Å². The molecule has 5 aliphatic rings. The molecule has 5 aromatic carbocycles. The smallest absolute Gasteiger partial charge is 0.329 e. The Morgan fingerprint density at radius 1 is 0.736 bits per heavy atom. The van der Waals surface area contributed by atoms with Gasteiger partial charge in [0, 0.05) is 100 Å². The molecule has 0 aliphatic carbocycles. The van der Waals surface area contributed by atoms with Crippen molar-refractivity contribution < 1.29 is 28.4 Å². The van der Waals surface area contributed by atoms with Gasteiger partial charge in [0.25, 0.3) is 5.91 Å². The zero-order valence-electron chi connectivity index (χ0n) is 40.6. The summed E-state index contributed by atoms with van der Waals surface area (Å²) in [5.41, 5.74) is 11.4. The van der Waals surface area contributed by atoms with Crippen LogP contribution < -0.4 is 46.8 Å². The van der Waals surface area contributed by atoms with Crippen LogP contribution in [0, 0.1) is 11.2 Å². The molecule has 2 atom stereocenters. The van der Waals surface area contributed by atoms with Crippen molar-refractivity contribution in [2.45, 2.75) is 63.5 Å². The molecule has 4 fully saturated rings. The number of nitrogens with zero attached hydrogens (tertiary/aromatic N) is 6. The number of carbonyl (C=O) groups excluding carboxylic acids is 5. The highest BCUT2D eigenvalue weighted by molar-refractivity contribution is 6.02. The van der Waals surface area contributed by atoms with Crippen LogP contribution in [0.4, 0.5) is 32.8 Å². The van der Waals surface area contributed by atoms with Gasteiger partial charge in [0.2, 0.25) is 23.6 Å². The second-order valence-corrected chi connectivity index (χ2v) is 19.9. The number of carbonyl (C=O) groups is 5. The van der Waals surface area contributed by atoms with Gasteiger partial charge in [-0.05, 0) is 127 Å². The SMILES string of the molecule is CNC(=O)c1cccc(NC(=O)C2NN(C)c3ccc(-c4ccc(N5CCCC5=O)cc4-c4ccc(N5CCC6(CC5)CCN(c5cccc7c5n(C)c(=O)n7C5CCC(=O)NC5=O)CC6)cc4)c(F)c32)c1. The summed E-state index contributed by atoms with van der Waals surface area (Å²) < 4.78 is 20.5. The number of hydrogen-bond acceptors (Lipinski definition) is 10. The van der Waals surface area contributed by atoms with Crippen molar-refractivity contribution in [2.24, 2.45) is 12.5 Å². The third-order valence-electron chi connectivity index (χ3n) is 15.8. The van der Waals surface area contributed by atoms with Crippen LogP contribution in [0.25, 0.3) is 33.3 Å². The van der Waals surface area contributed by atoms with Gasteiger partial charge in [-0.2, -0.15) is 0 Å². The number of aryl methyl sites for hydroxylation is 1. The fourth-order valence-corrected chi connectivity index (χ4v) is 11.8. The lowest BCUT2D eigenvalue weighted by Crippen LogP contribution is -2.47. The largest absolute Gasteiger partial charge is 0.371 e. The molecule has 6 aromatic rings. The van der Waals surface area contributed by atoms with Gasteiger partial charge in [-0.3, -0.25) is 38.4 Å². The molecule has 2 unspecified atom stereocenters. The van der Waals surface area contributed by atoms with Crippen molar-refractivity contribution in [1.82, 2.24) is 25.2 Å². The van der Waals surface area contributed by atoms with Crippen LogP contribution in [0.15, 0.2) is 102 Å². The van der Waals surface area contributed by atoms with E-state index in [1.807, 2.05) is 36.4 Å². The van der Waals surface area contributed by atoms with E-state index in [4.69, 9.17) is 0 Å². The highest BCUT2D eigenvalue weighted by Crippen LogP contribution is 2.46. The first-order chi connectivity index (χ1) is 34.8. The topological polar surface area (TPSA) is 173 Å². The maximum Gasteiger partial charge on any atom is 0.329 e. The Balaban J connectivity index is 0.814. The van der Waals surface area contributed by atoms with Gasteiger partial charge in [0.05, 0.1) is 22.4 Å².